The van der Waals surface area contributed by atoms with E-state index in [9.17, 15) is 9.90 Å². The number of amides is 1. The molecule has 0 bridgehead atoms. The van der Waals surface area contributed by atoms with E-state index >= 15 is 0 Å². The zero-order valence-corrected chi connectivity index (χ0v) is 9.31. The average molecular weight is 220 g/mol. The molecule has 4 heteroatoms. The van der Waals surface area contributed by atoms with Crippen LogP contribution in [0.1, 0.15) is 6.92 Å². The quantitative estimate of drug-likeness (QED) is 0.741. The van der Waals surface area contributed by atoms with Gasteiger partial charge in [0.1, 0.15) is 5.75 Å². The van der Waals surface area contributed by atoms with E-state index in [1.165, 1.54) is 0 Å². The molecule has 1 aliphatic rings. The van der Waals surface area contributed by atoms with E-state index < -0.39 is 0 Å². The second-order valence-corrected chi connectivity index (χ2v) is 4.11. The number of hydrogen-bond donors (Lipinski definition) is 2. The van der Waals surface area contributed by atoms with Crippen LogP contribution < -0.4 is 10.2 Å². The fourth-order valence-corrected chi connectivity index (χ4v) is 1.89. The fraction of sp³-hybridized carbons (Fsp3) is 0.417. The molecule has 0 aliphatic carbocycles. The van der Waals surface area contributed by atoms with Crippen LogP contribution in [-0.2, 0) is 4.79 Å². The monoisotopic (exact) mass is 220 g/mol. The molecular weight excluding hydrogens is 204 g/mol. The summed E-state index contributed by atoms with van der Waals surface area (Å²) in [5.41, 5.74) is 0.764. The molecule has 2 N–H and O–H groups in total. The maximum atomic E-state index is 12.1. The lowest BCUT2D eigenvalue weighted by molar-refractivity contribution is -0.121. The van der Waals surface area contributed by atoms with Crippen molar-refractivity contribution in [3.05, 3.63) is 24.3 Å². The van der Waals surface area contributed by atoms with Crippen LogP contribution in [0.25, 0.3) is 0 Å². The van der Waals surface area contributed by atoms with E-state index in [0.29, 0.717) is 13.1 Å². The molecule has 1 heterocycles. The predicted molar refractivity (Wildman–Crippen MR) is 62.5 cm³/mol. The number of benzene rings is 1. The van der Waals surface area contributed by atoms with Gasteiger partial charge in [-0.3, -0.25) is 4.79 Å². The normalized spacial score (nSPS) is 21.9. The SMILES string of the molecule is CC1CNCCN(c2cccc(O)c2)C1=O. The molecule has 0 aromatic heterocycles. The highest BCUT2D eigenvalue weighted by molar-refractivity contribution is 5.95. The Morgan fingerprint density at radius 3 is 3.06 bits per heavy atom. The van der Waals surface area contributed by atoms with Crippen LogP contribution >= 0.6 is 0 Å². The van der Waals surface area contributed by atoms with Crippen molar-refractivity contribution in [1.82, 2.24) is 5.32 Å². The molecule has 4 nitrogen and oxygen atoms in total. The molecule has 0 spiro atoms. The number of hydrogen-bond acceptors (Lipinski definition) is 3. The Bertz CT molecular complexity index is 392. The molecule has 1 aromatic carbocycles. The largest absolute Gasteiger partial charge is 0.508 e. The molecule has 1 atom stereocenters. The number of phenols is 1. The highest BCUT2D eigenvalue weighted by Crippen LogP contribution is 2.22. The van der Waals surface area contributed by atoms with Gasteiger partial charge in [-0.15, -0.1) is 0 Å². The van der Waals surface area contributed by atoms with Crippen LogP contribution in [0.3, 0.4) is 0 Å². The number of aromatic hydroxyl groups is 1. The van der Waals surface area contributed by atoms with Gasteiger partial charge >= 0.3 is 0 Å². The first-order chi connectivity index (χ1) is 7.68. The standard InChI is InChI=1S/C12H16N2O2/c1-9-8-13-5-6-14(12(9)16)10-3-2-4-11(15)7-10/h2-4,7,9,13,15H,5-6,8H2,1H3. The second-order valence-electron chi connectivity index (χ2n) is 4.11. The molecule has 16 heavy (non-hydrogen) atoms. The Hall–Kier alpha value is -1.55. The zero-order chi connectivity index (χ0) is 11.5. The lowest BCUT2D eigenvalue weighted by Gasteiger charge is -2.22. The van der Waals surface area contributed by atoms with Crippen LogP contribution in [0.5, 0.6) is 5.75 Å². The summed E-state index contributed by atoms with van der Waals surface area (Å²) in [5, 5.41) is 12.6. The van der Waals surface area contributed by atoms with E-state index in [4.69, 9.17) is 0 Å². The fourth-order valence-electron chi connectivity index (χ4n) is 1.89. The van der Waals surface area contributed by atoms with Crippen LogP contribution in [-0.4, -0.2) is 30.6 Å². The molecule has 1 fully saturated rings. The maximum Gasteiger partial charge on any atom is 0.231 e. The molecule has 1 aromatic rings. The average Bonchev–Trinajstić information content (AvgIpc) is 2.42. The van der Waals surface area contributed by atoms with Crippen LogP contribution in [0, 0.1) is 5.92 Å². The smallest absolute Gasteiger partial charge is 0.231 e. The van der Waals surface area contributed by atoms with Crippen LogP contribution in [0.4, 0.5) is 5.69 Å². The van der Waals surface area contributed by atoms with Gasteiger partial charge in [-0.2, -0.15) is 0 Å². The third-order valence-electron chi connectivity index (χ3n) is 2.79. The highest BCUT2D eigenvalue weighted by Gasteiger charge is 2.24. The number of phenolic OH excluding ortho intramolecular Hbond substituents is 1. The highest BCUT2D eigenvalue weighted by atomic mass is 16.3. The summed E-state index contributed by atoms with van der Waals surface area (Å²) in [6.07, 6.45) is 0. The van der Waals surface area contributed by atoms with Gasteiger partial charge in [-0.05, 0) is 12.1 Å². The van der Waals surface area contributed by atoms with Gasteiger partial charge in [0.15, 0.2) is 0 Å². The number of nitrogens with one attached hydrogen (secondary N) is 1. The molecule has 1 aliphatic heterocycles. The number of carbonyl (C=O) groups is 1. The minimum absolute atomic E-state index is 0.0233. The molecule has 86 valence electrons. The molecule has 0 radical (unpaired) electrons. The van der Waals surface area contributed by atoms with E-state index in [-0.39, 0.29) is 17.6 Å². The Morgan fingerprint density at radius 2 is 2.31 bits per heavy atom. The summed E-state index contributed by atoms with van der Waals surface area (Å²) in [7, 11) is 0. The molecule has 1 amide bonds. The van der Waals surface area contributed by atoms with Gasteiger partial charge < -0.3 is 15.3 Å². The van der Waals surface area contributed by atoms with Crippen LogP contribution in [0.15, 0.2) is 24.3 Å². The third kappa shape index (κ3) is 2.17. The van der Waals surface area contributed by atoms with Crippen molar-refractivity contribution in [1.29, 1.82) is 0 Å². The molecule has 1 unspecified atom stereocenters. The second kappa shape index (κ2) is 4.53. The van der Waals surface area contributed by atoms with E-state index in [0.717, 1.165) is 12.2 Å². The van der Waals surface area contributed by atoms with Gasteiger partial charge in [0.05, 0.1) is 0 Å². The number of rotatable bonds is 1. The zero-order valence-electron chi connectivity index (χ0n) is 9.31. The van der Waals surface area contributed by atoms with Crippen molar-refractivity contribution in [2.75, 3.05) is 24.5 Å². The lowest BCUT2D eigenvalue weighted by Crippen LogP contribution is -2.35. The first-order valence-corrected chi connectivity index (χ1v) is 5.49. The minimum atomic E-state index is -0.0233. The van der Waals surface area contributed by atoms with E-state index in [2.05, 4.69) is 5.32 Å². The van der Waals surface area contributed by atoms with Gasteiger partial charge in [0.25, 0.3) is 0 Å². The van der Waals surface area contributed by atoms with Crippen molar-refractivity contribution in [3.8, 4) is 5.75 Å². The summed E-state index contributed by atoms with van der Waals surface area (Å²) < 4.78 is 0. The predicted octanol–water partition coefficient (Wildman–Crippen LogP) is 0.964. The molecular formula is C12H16N2O2. The number of nitrogens with zero attached hydrogens (tertiary/aromatic N) is 1. The van der Waals surface area contributed by atoms with Gasteiger partial charge in [0.2, 0.25) is 5.91 Å². The lowest BCUT2D eigenvalue weighted by atomic mass is 10.1. The van der Waals surface area contributed by atoms with Crippen molar-refractivity contribution >= 4 is 11.6 Å². The molecule has 1 saturated heterocycles. The number of carbonyl (C=O) groups excluding carboxylic acids is 1. The topological polar surface area (TPSA) is 52.6 Å². The van der Waals surface area contributed by atoms with Gasteiger partial charge in [-0.1, -0.05) is 13.0 Å². The third-order valence-corrected chi connectivity index (χ3v) is 2.79. The Balaban J connectivity index is 2.27. The minimum Gasteiger partial charge on any atom is -0.508 e. The number of anilines is 1. The maximum absolute atomic E-state index is 12.1. The first-order valence-electron chi connectivity index (χ1n) is 5.49. The van der Waals surface area contributed by atoms with E-state index in [1.807, 2.05) is 13.0 Å². The summed E-state index contributed by atoms with van der Waals surface area (Å²) in [4.78, 5) is 13.8. The van der Waals surface area contributed by atoms with Crippen molar-refractivity contribution in [2.45, 2.75) is 6.92 Å². The summed E-state index contributed by atoms with van der Waals surface area (Å²) in [6.45, 7) is 4.06. The Morgan fingerprint density at radius 1 is 1.50 bits per heavy atom. The van der Waals surface area contributed by atoms with Gasteiger partial charge in [-0.25, -0.2) is 0 Å². The summed E-state index contributed by atoms with van der Waals surface area (Å²) >= 11 is 0. The summed E-state index contributed by atoms with van der Waals surface area (Å²) in [6, 6.07) is 6.82. The van der Waals surface area contributed by atoms with Gasteiger partial charge in [0, 0.05) is 37.3 Å². The van der Waals surface area contributed by atoms with E-state index in [1.54, 1.807) is 23.1 Å². The summed E-state index contributed by atoms with van der Waals surface area (Å²) in [5.74, 6) is 0.274. The Labute approximate surface area is 94.9 Å². The molecule has 0 saturated carbocycles. The van der Waals surface area contributed by atoms with Crippen molar-refractivity contribution in [3.63, 3.8) is 0 Å². The van der Waals surface area contributed by atoms with Crippen molar-refractivity contribution in [2.24, 2.45) is 5.92 Å². The van der Waals surface area contributed by atoms with Crippen LogP contribution in [0.2, 0.25) is 0 Å². The first kappa shape index (κ1) is 11.0. The van der Waals surface area contributed by atoms with Crippen molar-refractivity contribution < 1.29 is 9.90 Å². The molecule has 2 rings (SSSR count). The Kier molecular flexibility index (Phi) is 3.10.